The van der Waals surface area contributed by atoms with Gasteiger partial charge in [0.1, 0.15) is 0 Å². The monoisotopic (exact) mass is 332 g/mol. The lowest BCUT2D eigenvalue weighted by atomic mass is 10.3. The highest BCUT2D eigenvalue weighted by Gasteiger charge is 2.20. The summed E-state index contributed by atoms with van der Waals surface area (Å²) in [6.45, 7) is 0.765. The highest BCUT2D eigenvalue weighted by atomic mass is 79.9. The maximum Gasteiger partial charge on any atom is 0.232 e. The van der Waals surface area contributed by atoms with E-state index in [0.717, 1.165) is 11.0 Å². The molecule has 1 saturated carbocycles. The van der Waals surface area contributed by atoms with Crippen molar-refractivity contribution in [2.75, 3.05) is 17.0 Å². The topological polar surface area (TPSA) is 58.2 Å². The van der Waals surface area contributed by atoms with Crippen LogP contribution in [0.3, 0.4) is 0 Å². The van der Waals surface area contributed by atoms with Crippen molar-refractivity contribution in [3.8, 4) is 0 Å². The molecule has 2 N–H and O–H groups in total. The van der Waals surface area contributed by atoms with Gasteiger partial charge in [0.15, 0.2) is 0 Å². The van der Waals surface area contributed by atoms with Gasteiger partial charge < -0.3 is 5.32 Å². The second-order valence-electron chi connectivity index (χ2n) is 4.48. The van der Waals surface area contributed by atoms with Gasteiger partial charge in [-0.2, -0.15) is 0 Å². The molecule has 2 rings (SSSR count). The molecule has 0 bridgehead atoms. The van der Waals surface area contributed by atoms with E-state index in [9.17, 15) is 8.42 Å². The normalized spacial score (nSPS) is 15.6. The summed E-state index contributed by atoms with van der Waals surface area (Å²) in [5.74, 6) is 0.147. The Balaban J connectivity index is 1.80. The molecule has 18 heavy (non-hydrogen) atoms. The van der Waals surface area contributed by atoms with Crippen molar-refractivity contribution in [1.29, 1.82) is 0 Å². The first kappa shape index (κ1) is 13.8. The van der Waals surface area contributed by atoms with E-state index in [1.165, 1.54) is 12.8 Å². The van der Waals surface area contributed by atoms with Gasteiger partial charge in [-0.05, 0) is 53.9 Å². The number of halogens is 1. The zero-order valence-corrected chi connectivity index (χ0v) is 12.4. The number of sulfonamides is 1. The van der Waals surface area contributed by atoms with Crippen LogP contribution in [0.25, 0.3) is 0 Å². The number of hydrogen-bond acceptors (Lipinski definition) is 3. The van der Waals surface area contributed by atoms with Crippen LogP contribution in [0.5, 0.6) is 0 Å². The van der Waals surface area contributed by atoms with E-state index in [1.807, 2.05) is 12.1 Å². The van der Waals surface area contributed by atoms with Crippen LogP contribution in [0.1, 0.15) is 19.3 Å². The van der Waals surface area contributed by atoms with Gasteiger partial charge >= 0.3 is 0 Å². The van der Waals surface area contributed by atoms with E-state index in [1.54, 1.807) is 12.1 Å². The van der Waals surface area contributed by atoms with Crippen LogP contribution in [0.4, 0.5) is 5.69 Å². The molecule has 6 heteroatoms. The molecule has 1 aromatic carbocycles. The van der Waals surface area contributed by atoms with Gasteiger partial charge in [-0.15, -0.1) is 0 Å². The summed E-state index contributed by atoms with van der Waals surface area (Å²) in [6, 6.07) is 7.83. The van der Waals surface area contributed by atoms with Crippen LogP contribution in [-0.2, 0) is 10.0 Å². The molecule has 4 nitrogen and oxygen atoms in total. The minimum absolute atomic E-state index is 0.147. The quantitative estimate of drug-likeness (QED) is 0.753. The zero-order valence-electron chi connectivity index (χ0n) is 10.0. The van der Waals surface area contributed by atoms with Crippen LogP contribution >= 0.6 is 15.9 Å². The molecule has 1 fully saturated rings. The second-order valence-corrected chi connectivity index (χ2v) is 7.18. The summed E-state index contributed by atoms with van der Waals surface area (Å²) < 4.78 is 27.0. The van der Waals surface area contributed by atoms with Gasteiger partial charge in [-0.3, -0.25) is 4.72 Å². The minimum Gasteiger partial charge on any atom is -0.314 e. The van der Waals surface area contributed by atoms with E-state index in [0.29, 0.717) is 18.2 Å². The molecule has 0 aliphatic heterocycles. The summed E-state index contributed by atoms with van der Waals surface area (Å²) in [5, 5.41) is 3.30. The van der Waals surface area contributed by atoms with Crippen molar-refractivity contribution >= 4 is 31.6 Å². The standard InChI is InChI=1S/C12H17BrN2O2S/c13-11-4-1-2-5-12(11)15-18(16,17)9-3-8-14-10-6-7-10/h1-2,4-5,10,14-15H,3,6-9H2. The minimum atomic E-state index is -3.25. The predicted molar refractivity (Wildman–Crippen MR) is 77.2 cm³/mol. The van der Waals surface area contributed by atoms with Crippen LogP contribution in [0, 0.1) is 0 Å². The van der Waals surface area contributed by atoms with Gasteiger partial charge in [0.05, 0.1) is 11.4 Å². The average Bonchev–Trinajstić information content (AvgIpc) is 3.12. The second kappa shape index (κ2) is 6.04. The van der Waals surface area contributed by atoms with Crippen molar-refractivity contribution in [2.45, 2.75) is 25.3 Å². The molecule has 1 aromatic rings. The van der Waals surface area contributed by atoms with Gasteiger partial charge in [0.2, 0.25) is 10.0 Å². The number of para-hydroxylation sites is 1. The molecule has 0 heterocycles. The van der Waals surface area contributed by atoms with Crippen LogP contribution in [-0.4, -0.2) is 26.8 Å². The van der Waals surface area contributed by atoms with Crippen molar-refractivity contribution in [3.63, 3.8) is 0 Å². The Morgan fingerprint density at radius 1 is 1.28 bits per heavy atom. The van der Waals surface area contributed by atoms with Gasteiger partial charge in [0, 0.05) is 10.5 Å². The maximum atomic E-state index is 11.9. The van der Waals surface area contributed by atoms with Crippen LogP contribution in [0.2, 0.25) is 0 Å². The van der Waals surface area contributed by atoms with E-state index < -0.39 is 10.0 Å². The summed E-state index contributed by atoms with van der Waals surface area (Å²) in [4.78, 5) is 0. The SMILES string of the molecule is O=S(=O)(CCCNC1CC1)Nc1ccccc1Br. The average molecular weight is 333 g/mol. The van der Waals surface area contributed by atoms with E-state index in [2.05, 4.69) is 26.0 Å². The largest absolute Gasteiger partial charge is 0.314 e. The summed E-state index contributed by atoms with van der Waals surface area (Å²) >= 11 is 3.32. The third-order valence-corrected chi connectivity index (χ3v) is 4.79. The molecule has 0 aromatic heterocycles. The summed E-state index contributed by atoms with van der Waals surface area (Å²) in [7, 11) is -3.25. The fourth-order valence-corrected chi connectivity index (χ4v) is 3.27. The number of benzene rings is 1. The molecule has 0 radical (unpaired) electrons. The molecule has 0 amide bonds. The van der Waals surface area contributed by atoms with Crippen LogP contribution in [0.15, 0.2) is 28.7 Å². The lowest BCUT2D eigenvalue weighted by Gasteiger charge is -2.09. The van der Waals surface area contributed by atoms with E-state index in [4.69, 9.17) is 0 Å². The number of hydrogen-bond donors (Lipinski definition) is 2. The number of anilines is 1. The van der Waals surface area contributed by atoms with Crippen molar-refractivity contribution in [1.82, 2.24) is 5.32 Å². The lowest BCUT2D eigenvalue weighted by molar-refractivity contribution is 0.593. The molecule has 1 aliphatic carbocycles. The highest BCUT2D eigenvalue weighted by Crippen LogP contribution is 2.22. The van der Waals surface area contributed by atoms with E-state index >= 15 is 0 Å². The highest BCUT2D eigenvalue weighted by molar-refractivity contribution is 9.10. The number of rotatable bonds is 7. The van der Waals surface area contributed by atoms with Gasteiger partial charge in [-0.1, -0.05) is 12.1 Å². The Bertz CT molecular complexity index is 501. The molecule has 100 valence electrons. The Hall–Kier alpha value is -0.590. The van der Waals surface area contributed by atoms with Crippen molar-refractivity contribution in [2.24, 2.45) is 0 Å². The summed E-state index contributed by atoms with van der Waals surface area (Å²) in [5.41, 5.74) is 0.590. The zero-order chi connectivity index (χ0) is 13.0. The first-order chi connectivity index (χ1) is 8.57. The smallest absolute Gasteiger partial charge is 0.232 e. The fraction of sp³-hybridized carbons (Fsp3) is 0.500. The van der Waals surface area contributed by atoms with Gasteiger partial charge in [0.25, 0.3) is 0 Å². The molecule has 0 spiro atoms. The predicted octanol–water partition coefficient (Wildman–Crippen LogP) is 2.33. The molecule has 1 aliphatic rings. The lowest BCUT2D eigenvalue weighted by Crippen LogP contribution is -2.23. The molecular formula is C12H17BrN2O2S. The van der Waals surface area contributed by atoms with Crippen molar-refractivity contribution < 1.29 is 8.42 Å². The Morgan fingerprint density at radius 2 is 2.00 bits per heavy atom. The maximum absolute atomic E-state index is 11.9. The van der Waals surface area contributed by atoms with Gasteiger partial charge in [-0.25, -0.2) is 8.42 Å². The molecule has 0 atom stereocenters. The van der Waals surface area contributed by atoms with Crippen molar-refractivity contribution in [3.05, 3.63) is 28.7 Å². The fourth-order valence-electron chi connectivity index (χ4n) is 1.62. The Morgan fingerprint density at radius 3 is 2.67 bits per heavy atom. The first-order valence-electron chi connectivity index (χ1n) is 6.05. The third-order valence-electron chi connectivity index (χ3n) is 2.74. The van der Waals surface area contributed by atoms with E-state index in [-0.39, 0.29) is 5.75 Å². The number of nitrogens with one attached hydrogen (secondary N) is 2. The Labute approximate surface area is 116 Å². The molecule has 0 saturated heterocycles. The Kier molecular flexibility index (Phi) is 4.64. The first-order valence-corrected chi connectivity index (χ1v) is 8.50. The molecule has 0 unspecified atom stereocenters. The third kappa shape index (κ3) is 4.59. The summed E-state index contributed by atoms with van der Waals surface area (Å²) in [6.07, 6.45) is 3.08. The van der Waals surface area contributed by atoms with Crippen LogP contribution < -0.4 is 10.0 Å². The molecular weight excluding hydrogens is 316 g/mol.